The highest BCUT2D eigenvalue weighted by molar-refractivity contribution is 5.71. The molecule has 336 valence electrons. The first kappa shape index (κ1) is 55.4. The summed E-state index contributed by atoms with van der Waals surface area (Å²) in [6.07, 6.45) is 55.5. The van der Waals surface area contributed by atoms with Gasteiger partial charge in [0, 0.05) is 19.3 Å². The van der Waals surface area contributed by atoms with E-state index in [1.54, 1.807) is 0 Å². The molecule has 0 amide bonds. The smallest absolute Gasteiger partial charge is 0.306 e. The monoisotopic (exact) mass is 813 g/mol. The first-order valence-corrected chi connectivity index (χ1v) is 24.6. The van der Waals surface area contributed by atoms with Gasteiger partial charge in [-0.05, 0) is 83.5 Å². The Morgan fingerprint density at radius 3 is 1.12 bits per heavy atom. The van der Waals surface area contributed by atoms with Crippen LogP contribution in [0.4, 0.5) is 0 Å². The Labute approximate surface area is 358 Å². The number of rotatable bonds is 44. The quantitative estimate of drug-likeness (QED) is 0.0264. The van der Waals surface area contributed by atoms with E-state index in [0.717, 1.165) is 51.4 Å². The summed E-state index contributed by atoms with van der Waals surface area (Å²) < 4.78 is 16.6. The molecule has 6 nitrogen and oxygen atoms in total. The molecule has 0 N–H and O–H groups in total. The fourth-order valence-corrected chi connectivity index (χ4v) is 6.79. The molecular weight excluding hydrogens is 721 g/mol. The molecule has 0 aromatic carbocycles. The van der Waals surface area contributed by atoms with Gasteiger partial charge in [0.15, 0.2) is 6.10 Å². The third-order valence-electron chi connectivity index (χ3n) is 10.5. The van der Waals surface area contributed by atoms with Crippen LogP contribution in [0.15, 0.2) is 48.6 Å². The second kappa shape index (κ2) is 47.1. The second-order valence-electron chi connectivity index (χ2n) is 16.4. The summed E-state index contributed by atoms with van der Waals surface area (Å²) in [5.74, 6) is -1.02. The van der Waals surface area contributed by atoms with Gasteiger partial charge in [0.05, 0.1) is 0 Å². The van der Waals surface area contributed by atoms with Crippen molar-refractivity contribution in [2.75, 3.05) is 13.2 Å². The summed E-state index contributed by atoms with van der Waals surface area (Å²) in [4.78, 5) is 37.7. The minimum atomic E-state index is -0.814. The van der Waals surface area contributed by atoms with Crippen molar-refractivity contribution in [1.82, 2.24) is 0 Å². The van der Waals surface area contributed by atoms with E-state index in [-0.39, 0.29) is 37.5 Å². The van der Waals surface area contributed by atoms with Crippen LogP contribution in [0.2, 0.25) is 0 Å². The van der Waals surface area contributed by atoms with Crippen LogP contribution in [-0.4, -0.2) is 37.2 Å². The van der Waals surface area contributed by atoms with Crippen molar-refractivity contribution < 1.29 is 28.6 Å². The van der Waals surface area contributed by atoms with Crippen LogP contribution in [0, 0.1) is 0 Å². The molecule has 0 aromatic rings. The van der Waals surface area contributed by atoms with Crippen LogP contribution in [0.1, 0.15) is 245 Å². The van der Waals surface area contributed by atoms with Crippen molar-refractivity contribution in [3.8, 4) is 0 Å². The van der Waals surface area contributed by atoms with Crippen molar-refractivity contribution in [2.45, 2.75) is 252 Å². The number of allylic oxidation sites excluding steroid dienone is 8. The molecule has 0 saturated heterocycles. The standard InChI is InChI=1S/C52H92O6/c1-4-7-10-13-16-19-21-23-24-25-26-27-29-30-33-36-39-42-45-51(54)57-48-49(47-56-50(53)44-41-38-35-32-18-15-12-9-6-3)58-52(55)46-43-40-37-34-31-28-22-20-17-14-11-8-5-2/h26-28,31-32,35,37,40,49H,4-25,29-30,33-34,36,38-39,41-48H2,1-3H3/b27-26-,31-28-,35-32-,40-37-. The zero-order valence-corrected chi connectivity index (χ0v) is 38.3. The maximum atomic E-state index is 12.7. The molecule has 0 spiro atoms. The Hall–Kier alpha value is -2.63. The highest BCUT2D eigenvalue weighted by Gasteiger charge is 2.19. The number of carbonyl (C=O) groups is 3. The Bertz CT molecular complexity index is 1030. The molecule has 1 unspecified atom stereocenters. The lowest BCUT2D eigenvalue weighted by atomic mass is 10.1. The van der Waals surface area contributed by atoms with Crippen molar-refractivity contribution in [2.24, 2.45) is 0 Å². The fourth-order valence-electron chi connectivity index (χ4n) is 6.79. The van der Waals surface area contributed by atoms with Gasteiger partial charge in [-0.1, -0.05) is 191 Å². The summed E-state index contributed by atoms with van der Waals surface area (Å²) in [5, 5.41) is 0. The van der Waals surface area contributed by atoms with Gasteiger partial charge in [-0.2, -0.15) is 0 Å². The third-order valence-corrected chi connectivity index (χ3v) is 10.5. The van der Waals surface area contributed by atoms with Gasteiger partial charge < -0.3 is 14.2 Å². The Kier molecular flexibility index (Phi) is 44.9. The lowest BCUT2D eigenvalue weighted by Crippen LogP contribution is -2.30. The molecule has 0 aliphatic carbocycles. The second-order valence-corrected chi connectivity index (χ2v) is 16.4. The first-order chi connectivity index (χ1) is 28.5. The SMILES string of the molecule is CCCCCC/C=C\CCCC(=O)OCC(COC(=O)CCCCCCC/C=C\CCCCCCCCCCC)OC(=O)CC/C=C\C/C=C\CCCCCCCC. The summed E-state index contributed by atoms with van der Waals surface area (Å²) >= 11 is 0. The van der Waals surface area contributed by atoms with E-state index in [2.05, 4.69) is 63.3 Å². The van der Waals surface area contributed by atoms with E-state index >= 15 is 0 Å². The topological polar surface area (TPSA) is 78.9 Å². The molecular formula is C52H92O6. The van der Waals surface area contributed by atoms with E-state index in [1.165, 1.54) is 141 Å². The van der Waals surface area contributed by atoms with Crippen LogP contribution >= 0.6 is 0 Å². The molecule has 1 atom stereocenters. The minimum absolute atomic E-state index is 0.108. The molecule has 0 heterocycles. The first-order valence-electron chi connectivity index (χ1n) is 24.6. The Morgan fingerprint density at radius 1 is 0.345 bits per heavy atom. The van der Waals surface area contributed by atoms with Gasteiger partial charge >= 0.3 is 17.9 Å². The molecule has 6 heteroatoms. The van der Waals surface area contributed by atoms with E-state index in [1.807, 2.05) is 6.08 Å². The molecule has 0 bridgehead atoms. The molecule has 0 saturated carbocycles. The third kappa shape index (κ3) is 44.5. The Morgan fingerprint density at radius 2 is 0.672 bits per heavy atom. The van der Waals surface area contributed by atoms with E-state index in [4.69, 9.17) is 14.2 Å². The maximum absolute atomic E-state index is 12.7. The van der Waals surface area contributed by atoms with Crippen molar-refractivity contribution in [3.63, 3.8) is 0 Å². The van der Waals surface area contributed by atoms with Gasteiger partial charge in [0.1, 0.15) is 13.2 Å². The van der Waals surface area contributed by atoms with E-state index < -0.39 is 6.10 Å². The number of hydrogen-bond acceptors (Lipinski definition) is 6. The Balaban J connectivity index is 4.39. The van der Waals surface area contributed by atoms with Crippen molar-refractivity contribution in [1.29, 1.82) is 0 Å². The van der Waals surface area contributed by atoms with Crippen LogP contribution in [0.3, 0.4) is 0 Å². The molecule has 0 radical (unpaired) electrons. The average Bonchev–Trinajstić information content (AvgIpc) is 3.22. The highest BCUT2D eigenvalue weighted by atomic mass is 16.6. The predicted molar refractivity (Wildman–Crippen MR) is 247 cm³/mol. The van der Waals surface area contributed by atoms with Crippen LogP contribution in [0.5, 0.6) is 0 Å². The van der Waals surface area contributed by atoms with Gasteiger partial charge in [0.2, 0.25) is 0 Å². The highest BCUT2D eigenvalue weighted by Crippen LogP contribution is 2.13. The number of esters is 3. The lowest BCUT2D eigenvalue weighted by molar-refractivity contribution is -0.166. The summed E-state index contributed by atoms with van der Waals surface area (Å²) in [7, 11) is 0. The largest absolute Gasteiger partial charge is 0.462 e. The summed E-state index contributed by atoms with van der Waals surface area (Å²) in [6.45, 7) is 6.51. The number of hydrogen-bond donors (Lipinski definition) is 0. The van der Waals surface area contributed by atoms with E-state index in [9.17, 15) is 14.4 Å². The number of unbranched alkanes of at least 4 members (excludes halogenated alkanes) is 25. The lowest BCUT2D eigenvalue weighted by Gasteiger charge is -2.18. The molecule has 0 aliphatic rings. The van der Waals surface area contributed by atoms with Crippen LogP contribution in [-0.2, 0) is 28.6 Å². The zero-order valence-electron chi connectivity index (χ0n) is 38.3. The van der Waals surface area contributed by atoms with Gasteiger partial charge in [-0.3, -0.25) is 14.4 Å². The predicted octanol–water partition coefficient (Wildman–Crippen LogP) is 15.9. The molecule has 0 fully saturated rings. The summed E-state index contributed by atoms with van der Waals surface area (Å²) in [5.41, 5.74) is 0. The van der Waals surface area contributed by atoms with Crippen LogP contribution < -0.4 is 0 Å². The molecule has 0 rings (SSSR count). The van der Waals surface area contributed by atoms with Crippen molar-refractivity contribution in [3.05, 3.63) is 48.6 Å². The minimum Gasteiger partial charge on any atom is -0.462 e. The number of ether oxygens (including phenoxy) is 3. The zero-order chi connectivity index (χ0) is 42.3. The van der Waals surface area contributed by atoms with E-state index in [0.29, 0.717) is 25.7 Å². The van der Waals surface area contributed by atoms with Crippen molar-refractivity contribution >= 4 is 17.9 Å². The molecule has 0 aliphatic heterocycles. The van der Waals surface area contributed by atoms with Crippen LogP contribution in [0.25, 0.3) is 0 Å². The molecule has 58 heavy (non-hydrogen) atoms. The van der Waals surface area contributed by atoms with Gasteiger partial charge in [0.25, 0.3) is 0 Å². The average molecular weight is 813 g/mol. The number of carbonyl (C=O) groups excluding carboxylic acids is 3. The maximum Gasteiger partial charge on any atom is 0.306 e. The normalized spacial score (nSPS) is 12.4. The fraction of sp³-hybridized carbons (Fsp3) is 0.788. The summed E-state index contributed by atoms with van der Waals surface area (Å²) in [6, 6.07) is 0. The van der Waals surface area contributed by atoms with Gasteiger partial charge in [-0.15, -0.1) is 0 Å². The molecule has 0 aromatic heterocycles. The van der Waals surface area contributed by atoms with Gasteiger partial charge in [-0.25, -0.2) is 0 Å².